The first-order chi connectivity index (χ1) is 7.22. The Bertz CT molecular complexity index is 481. The molecule has 4 nitrogen and oxygen atoms in total. The molecule has 0 saturated heterocycles. The van der Waals surface area contributed by atoms with Crippen LogP contribution in [0, 0.1) is 5.82 Å². The number of methoxy groups -OCH3 is 1. The number of hydrogen-bond acceptors (Lipinski definition) is 3. The van der Waals surface area contributed by atoms with Gasteiger partial charge >= 0.3 is 0 Å². The first kappa shape index (κ1) is 9.51. The highest BCUT2D eigenvalue weighted by atomic mass is 19.1. The summed E-state index contributed by atoms with van der Waals surface area (Å²) in [6.07, 6.45) is 0. The van der Waals surface area contributed by atoms with Gasteiger partial charge in [0.2, 0.25) is 0 Å². The van der Waals surface area contributed by atoms with E-state index in [4.69, 9.17) is 10.5 Å². The van der Waals surface area contributed by atoms with Crippen LogP contribution in [0.1, 0.15) is 0 Å². The van der Waals surface area contributed by atoms with E-state index >= 15 is 0 Å². The van der Waals surface area contributed by atoms with E-state index in [2.05, 4.69) is 10.2 Å². The van der Waals surface area contributed by atoms with Crippen LogP contribution in [-0.2, 0) is 0 Å². The number of nitrogens with one attached hydrogen (secondary N) is 1. The second-order valence-corrected chi connectivity index (χ2v) is 3.03. The quantitative estimate of drug-likeness (QED) is 0.789. The van der Waals surface area contributed by atoms with E-state index < -0.39 is 5.82 Å². The maximum absolute atomic E-state index is 13.4. The van der Waals surface area contributed by atoms with Gasteiger partial charge in [-0.2, -0.15) is 5.10 Å². The minimum Gasteiger partial charge on any atom is -0.497 e. The summed E-state index contributed by atoms with van der Waals surface area (Å²) in [4.78, 5) is 0. The number of nitrogen functional groups attached to an aromatic ring is 1. The number of aromatic amines is 1. The Morgan fingerprint density at radius 2 is 2.27 bits per heavy atom. The van der Waals surface area contributed by atoms with Crippen molar-refractivity contribution in [3.05, 3.63) is 30.1 Å². The average Bonchev–Trinajstić information content (AvgIpc) is 2.60. The lowest BCUT2D eigenvalue weighted by Gasteiger charge is -2.02. The maximum atomic E-state index is 13.4. The summed E-state index contributed by atoms with van der Waals surface area (Å²) in [6.45, 7) is 0. The molecule has 0 spiro atoms. The zero-order valence-electron chi connectivity index (χ0n) is 8.12. The molecule has 0 aliphatic heterocycles. The molecule has 0 amide bonds. The number of anilines is 1. The highest BCUT2D eigenvalue weighted by molar-refractivity contribution is 5.64. The van der Waals surface area contributed by atoms with Gasteiger partial charge in [-0.25, -0.2) is 4.39 Å². The minimum absolute atomic E-state index is 0.132. The predicted octanol–water partition coefficient (Wildman–Crippen LogP) is 1.81. The molecule has 15 heavy (non-hydrogen) atoms. The maximum Gasteiger partial charge on any atom is 0.192 e. The number of halogens is 1. The van der Waals surface area contributed by atoms with Crippen LogP contribution in [-0.4, -0.2) is 17.3 Å². The molecule has 2 rings (SSSR count). The Hall–Kier alpha value is -2.04. The van der Waals surface area contributed by atoms with Crippen molar-refractivity contribution in [1.29, 1.82) is 0 Å². The molecule has 78 valence electrons. The molecular weight excluding hydrogens is 197 g/mol. The second-order valence-electron chi connectivity index (χ2n) is 3.03. The average molecular weight is 207 g/mol. The van der Waals surface area contributed by atoms with E-state index in [-0.39, 0.29) is 11.5 Å². The van der Waals surface area contributed by atoms with E-state index in [1.165, 1.54) is 0 Å². The lowest BCUT2D eigenvalue weighted by atomic mass is 10.1. The summed E-state index contributed by atoms with van der Waals surface area (Å²) < 4.78 is 18.5. The van der Waals surface area contributed by atoms with Gasteiger partial charge in [0, 0.05) is 5.56 Å². The Kier molecular flexibility index (Phi) is 2.29. The van der Waals surface area contributed by atoms with Crippen LogP contribution in [0.2, 0.25) is 0 Å². The van der Waals surface area contributed by atoms with Crippen LogP contribution in [0.4, 0.5) is 10.2 Å². The lowest BCUT2D eigenvalue weighted by molar-refractivity contribution is 0.415. The minimum atomic E-state index is -0.539. The number of nitrogens with two attached hydrogens (primary N) is 1. The van der Waals surface area contributed by atoms with Crippen molar-refractivity contribution in [1.82, 2.24) is 10.2 Å². The van der Waals surface area contributed by atoms with Crippen LogP contribution in [0.5, 0.6) is 5.75 Å². The molecule has 0 bridgehead atoms. The predicted molar refractivity (Wildman–Crippen MR) is 54.9 cm³/mol. The number of rotatable bonds is 2. The van der Waals surface area contributed by atoms with Crippen molar-refractivity contribution in [2.24, 2.45) is 0 Å². The number of benzene rings is 1. The Morgan fingerprint density at radius 1 is 1.47 bits per heavy atom. The summed E-state index contributed by atoms with van der Waals surface area (Å²) in [7, 11) is 1.55. The van der Waals surface area contributed by atoms with Crippen molar-refractivity contribution in [2.45, 2.75) is 0 Å². The first-order valence-electron chi connectivity index (χ1n) is 4.36. The van der Waals surface area contributed by atoms with E-state index in [1.807, 2.05) is 0 Å². The number of hydrogen-bond donors (Lipinski definition) is 2. The first-order valence-corrected chi connectivity index (χ1v) is 4.36. The normalized spacial score (nSPS) is 10.3. The van der Waals surface area contributed by atoms with Crippen molar-refractivity contribution in [2.75, 3.05) is 12.8 Å². The van der Waals surface area contributed by atoms with Crippen LogP contribution >= 0.6 is 0 Å². The molecule has 0 unspecified atom stereocenters. The third-order valence-corrected chi connectivity index (χ3v) is 2.09. The zero-order chi connectivity index (χ0) is 10.8. The molecule has 0 radical (unpaired) electrons. The van der Waals surface area contributed by atoms with Gasteiger partial charge < -0.3 is 10.5 Å². The molecular formula is C10H10FN3O. The highest BCUT2D eigenvalue weighted by Gasteiger charge is 2.12. The van der Waals surface area contributed by atoms with Gasteiger partial charge in [0.1, 0.15) is 11.4 Å². The highest BCUT2D eigenvalue weighted by Crippen LogP contribution is 2.26. The van der Waals surface area contributed by atoms with Crippen molar-refractivity contribution >= 4 is 5.82 Å². The monoisotopic (exact) mass is 207 g/mol. The van der Waals surface area contributed by atoms with Gasteiger partial charge in [0.05, 0.1) is 7.11 Å². The van der Waals surface area contributed by atoms with E-state index in [1.54, 1.807) is 31.4 Å². The Morgan fingerprint density at radius 3 is 2.87 bits per heavy atom. The van der Waals surface area contributed by atoms with Crippen LogP contribution < -0.4 is 10.5 Å². The van der Waals surface area contributed by atoms with Gasteiger partial charge in [-0.3, -0.25) is 5.10 Å². The molecule has 3 N–H and O–H groups in total. The zero-order valence-corrected chi connectivity index (χ0v) is 8.12. The number of H-pyrrole nitrogens is 1. The molecule has 2 aromatic rings. The molecule has 0 fully saturated rings. The molecule has 1 heterocycles. The molecule has 0 aliphatic rings. The van der Waals surface area contributed by atoms with Gasteiger partial charge in [-0.1, -0.05) is 12.1 Å². The Labute approximate surface area is 85.9 Å². The lowest BCUT2D eigenvalue weighted by Crippen LogP contribution is -1.88. The molecule has 0 aliphatic carbocycles. The number of ether oxygens (including phenoxy) is 1. The van der Waals surface area contributed by atoms with Crippen LogP contribution in [0.25, 0.3) is 11.3 Å². The molecule has 1 aromatic carbocycles. The summed E-state index contributed by atoms with van der Waals surface area (Å²) in [6, 6.07) is 7.00. The topological polar surface area (TPSA) is 63.9 Å². The molecule has 0 atom stereocenters. The largest absolute Gasteiger partial charge is 0.497 e. The molecule has 5 heteroatoms. The van der Waals surface area contributed by atoms with Gasteiger partial charge in [0.25, 0.3) is 0 Å². The summed E-state index contributed by atoms with van der Waals surface area (Å²) in [5.74, 6) is -0.0175. The fourth-order valence-corrected chi connectivity index (χ4v) is 1.31. The molecule has 1 aromatic heterocycles. The third-order valence-electron chi connectivity index (χ3n) is 2.09. The van der Waals surface area contributed by atoms with Gasteiger partial charge in [0.15, 0.2) is 11.6 Å². The SMILES string of the molecule is COc1cccc(-c2[nH]nc(N)c2F)c1. The van der Waals surface area contributed by atoms with Crippen molar-refractivity contribution < 1.29 is 9.13 Å². The Balaban J connectivity index is 2.49. The van der Waals surface area contributed by atoms with Gasteiger partial charge in [-0.15, -0.1) is 0 Å². The van der Waals surface area contributed by atoms with Crippen molar-refractivity contribution in [3.63, 3.8) is 0 Å². The van der Waals surface area contributed by atoms with E-state index in [0.29, 0.717) is 11.3 Å². The molecule has 0 saturated carbocycles. The van der Waals surface area contributed by atoms with Crippen molar-refractivity contribution in [3.8, 4) is 17.0 Å². The summed E-state index contributed by atoms with van der Waals surface area (Å²) >= 11 is 0. The smallest absolute Gasteiger partial charge is 0.192 e. The number of nitrogens with zero attached hydrogens (tertiary/aromatic N) is 1. The van der Waals surface area contributed by atoms with E-state index in [9.17, 15) is 4.39 Å². The van der Waals surface area contributed by atoms with Crippen LogP contribution in [0.15, 0.2) is 24.3 Å². The summed E-state index contributed by atoms with van der Waals surface area (Å²) in [5.41, 5.74) is 6.22. The fraction of sp³-hybridized carbons (Fsp3) is 0.100. The summed E-state index contributed by atoms with van der Waals surface area (Å²) in [5, 5.41) is 6.12. The second kappa shape index (κ2) is 3.61. The van der Waals surface area contributed by atoms with E-state index in [0.717, 1.165) is 0 Å². The fourth-order valence-electron chi connectivity index (χ4n) is 1.31. The van der Waals surface area contributed by atoms with Gasteiger partial charge in [-0.05, 0) is 12.1 Å². The standard InChI is InChI=1S/C10H10FN3O/c1-15-7-4-2-3-6(5-7)9-8(11)10(12)14-13-9/h2-5H,1H3,(H3,12,13,14). The number of aromatic nitrogens is 2. The van der Waals surface area contributed by atoms with Crippen LogP contribution in [0.3, 0.4) is 0 Å². The third kappa shape index (κ3) is 1.63.